The van der Waals surface area contributed by atoms with E-state index in [2.05, 4.69) is 15.3 Å². The van der Waals surface area contributed by atoms with Crippen LogP contribution in [0.2, 0.25) is 0 Å². The van der Waals surface area contributed by atoms with E-state index in [0.717, 1.165) is 18.4 Å². The van der Waals surface area contributed by atoms with Gasteiger partial charge in [0.1, 0.15) is 0 Å². The fourth-order valence-electron chi connectivity index (χ4n) is 2.21. The number of aryl methyl sites for hydroxylation is 1. The van der Waals surface area contributed by atoms with Crippen molar-refractivity contribution >= 4 is 17.5 Å². The van der Waals surface area contributed by atoms with E-state index in [-0.39, 0.29) is 5.54 Å². The van der Waals surface area contributed by atoms with E-state index in [9.17, 15) is 0 Å². The molecule has 0 aromatic carbocycles. The second-order valence-corrected chi connectivity index (χ2v) is 4.95. The van der Waals surface area contributed by atoms with Gasteiger partial charge in [-0.25, -0.2) is 9.97 Å². The SMILES string of the molecule is Cc1cnc(NC2(CCl)CCCCC2)nc1. The van der Waals surface area contributed by atoms with Crippen molar-refractivity contribution in [3.05, 3.63) is 18.0 Å². The van der Waals surface area contributed by atoms with Gasteiger partial charge in [0.25, 0.3) is 0 Å². The molecule has 1 N–H and O–H groups in total. The van der Waals surface area contributed by atoms with Gasteiger partial charge in [0.05, 0.1) is 5.54 Å². The average Bonchev–Trinajstić information content (AvgIpc) is 2.33. The van der Waals surface area contributed by atoms with Crippen molar-refractivity contribution in [1.82, 2.24) is 9.97 Å². The molecule has 1 saturated carbocycles. The molecule has 2 rings (SSSR count). The molecule has 1 aromatic rings. The number of hydrogen-bond acceptors (Lipinski definition) is 3. The van der Waals surface area contributed by atoms with Crippen LogP contribution in [0.5, 0.6) is 0 Å². The van der Waals surface area contributed by atoms with E-state index >= 15 is 0 Å². The van der Waals surface area contributed by atoms with Crippen LogP contribution < -0.4 is 5.32 Å². The minimum absolute atomic E-state index is 0.00899. The summed E-state index contributed by atoms with van der Waals surface area (Å²) >= 11 is 6.10. The predicted molar refractivity (Wildman–Crippen MR) is 66.9 cm³/mol. The molecule has 4 heteroatoms. The summed E-state index contributed by atoms with van der Waals surface area (Å²) in [4.78, 5) is 8.57. The fraction of sp³-hybridized carbons (Fsp3) is 0.667. The number of rotatable bonds is 3. The third-order valence-corrected chi connectivity index (χ3v) is 3.74. The second kappa shape index (κ2) is 5.00. The lowest BCUT2D eigenvalue weighted by molar-refractivity contribution is 0.351. The van der Waals surface area contributed by atoms with Gasteiger partial charge in [0, 0.05) is 18.3 Å². The summed E-state index contributed by atoms with van der Waals surface area (Å²) < 4.78 is 0. The van der Waals surface area contributed by atoms with E-state index in [1.807, 2.05) is 19.3 Å². The molecule has 16 heavy (non-hydrogen) atoms. The van der Waals surface area contributed by atoms with Gasteiger partial charge in [-0.3, -0.25) is 0 Å². The van der Waals surface area contributed by atoms with Gasteiger partial charge in [-0.1, -0.05) is 19.3 Å². The lowest BCUT2D eigenvalue weighted by Gasteiger charge is -2.36. The number of anilines is 1. The van der Waals surface area contributed by atoms with Crippen LogP contribution in [0.1, 0.15) is 37.7 Å². The van der Waals surface area contributed by atoms with E-state index in [1.54, 1.807) is 0 Å². The second-order valence-electron chi connectivity index (χ2n) is 4.68. The number of hydrogen-bond donors (Lipinski definition) is 1. The Bertz CT molecular complexity index is 331. The molecule has 3 nitrogen and oxygen atoms in total. The van der Waals surface area contributed by atoms with Crippen LogP contribution >= 0.6 is 11.6 Å². The number of alkyl halides is 1. The Kier molecular flexibility index (Phi) is 3.64. The third kappa shape index (κ3) is 2.64. The maximum atomic E-state index is 6.10. The van der Waals surface area contributed by atoms with Gasteiger partial charge < -0.3 is 5.32 Å². The first-order valence-corrected chi connectivity index (χ1v) is 6.40. The van der Waals surface area contributed by atoms with Crippen LogP contribution in [0.15, 0.2) is 12.4 Å². The van der Waals surface area contributed by atoms with E-state index in [0.29, 0.717) is 11.8 Å². The molecule has 1 heterocycles. The van der Waals surface area contributed by atoms with Crippen LogP contribution in [-0.4, -0.2) is 21.4 Å². The molecule has 88 valence electrons. The van der Waals surface area contributed by atoms with Gasteiger partial charge in [-0.05, 0) is 25.3 Å². The van der Waals surface area contributed by atoms with Crippen LogP contribution in [0, 0.1) is 6.92 Å². The molecule has 1 fully saturated rings. The Labute approximate surface area is 102 Å². The summed E-state index contributed by atoms with van der Waals surface area (Å²) in [6, 6.07) is 0. The first kappa shape index (κ1) is 11.6. The predicted octanol–water partition coefficient (Wildman–Crippen LogP) is 3.14. The van der Waals surface area contributed by atoms with E-state index in [1.165, 1.54) is 19.3 Å². The molecule has 0 aliphatic heterocycles. The molecule has 0 saturated heterocycles. The molecule has 0 radical (unpaired) electrons. The Balaban J connectivity index is 2.08. The highest BCUT2D eigenvalue weighted by molar-refractivity contribution is 6.18. The number of nitrogens with zero attached hydrogens (tertiary/aromatic N) is 2. The average molecular weight is 240 g/mol. The van der Waals surface area contributed by atoms with E-state index < -0.39 is 0 Å². The Morgan fingerprint density at radius 3 is 2.44 bits per heavy atom. The van der Waals surface area contributed by atoms with Crippen LogP contribution in [-0.2, 0) is 0 Å². The molecular weight excluding hydrogens is 222 g/mol. The van der Waals surface area contributed by atoms with Crippen LogP contribution in [0.3, 0.4) is 0 Å². The standard InChI is InChI=1S/C12H18ClN3/c1-10-7-14-11(15-8-10)16-12(9-13)5-3-2-4-6-12/h7-8H,2-6,9H2,1H3,(H,14,15,16). The van der Waals surface area contributed by atoms with Gasteiger partial charge in [-0.2, -0.15) is 0 Å². The highest BCUT2D eigenvalue weighted by atomic mass is 35.5. The fourth-order valence-corrected chi connectivity index (χ4v) is 2.55. The zero-order chi connectivity index (χ0) is 11.4. The lowest BCUT2D eigenvalue weighted by Crippen LogP contribution is -2.42. The zero-order valence-electron chi connectivity index (χ0n) is 9.67. The number of halogens is 1. The van der Waals surface area contributed by atoms with Crippen LogP contribution in [0.25, 0.3) is 0 Å². The number of aromatic nitrogens is 2. The van der Waals surface area contributed by atoms with Gasteiger partial charge in [0.2, 0.25) is 5.95 Å². The highest BCUT2D eigenvalue weighted by Gasteiger charge is 2.31. The first-order chi connectivity index (χ1) is 7.74. The monoisotopic (exact) mass is 239 g/mol. The largest absolute Gasteiger partial charge is 0.348 e. The molecule has 0 amide bonds. The van der Waals surface area contributed by atoms with Gasteiger partial charge in [0.15, 0.2) is 0 Å². The first-order valence-electron chi connectivity index (χ1n) is 5.87. The molecule has 0 atom stereocenters. The Morgan fingerprint density at radius 2 is 1.88 bits per heavy atom. The number of nitrogens with one attached hydrogen (secondary N) is 1. The smallest absolute Gasteiger partial charge is 0.223 e. The molecular formula is C12H18ClN3. The van der Waals surface area contributed by atoms with Crippen molar-refractivity contribution in [2.24, 2.45) is 0 Å². The summed E-state index contributed by atoms with van der Waals surface area (Å²) in [6.45, 7) is 1.99. The Hall–Kier alpha value is -0.830. The van der Waals surface area contributed by atoms with Crippen molar-refractivity contribution < 1.29 is 0 Å². The normalized spacial score (nSPS) is 19.4. The van der Waals surface area contributed by atoms with Gasteiger partial charge >= 0.3 is 0 Å². The minimum Gasteiger partial charge on any atom is -0.348 e. The molecule has 0 unspecified atom stereocenters. The van der Waals surface area contributed by atoms with Crippen LogP contribution in [0.4, 0.5) is 5.95 Å². The molecule has 1 aromatic heterocycles. The summed E-state index contributed by atoms with van der Waals surface area (Å²) in [5.74, 6) is 1.33. The maximum Gasteiger partial charge on any atom is 0.223 e. The van der Waals surface area contributed by atoms with Crippen molar-refractivity contribution in [2.45, 2.75) is 44.6 Å². The summed E-state index contributed by atoms with van der Waals surface area (Å²) in [5.41, 5.74) is 1.09. The molecule has 1 aliphatic rings. The Morgan fingerprint density at radius 1 is 1.25 bits per heavy atom. The molecule has 0 bridgehead atoms. The van der Waals surface area contributed by atoms with Crippen molar-refractivity contribution in [3.8, 4) is 0 Å². The zero-order valence-corrected chi connectivity index (χ0v) is 10.4. The van der Waals surface area contributed by atoms with Gasteiger partial charge in [-0.15, -0.1) is 11.6 Å². The van der Waals surface area contributed by atoms with Crippen molar-refractivity contribution in [1.29, 1.82) is 0 Å². The third-order valence-electron chi connectivity index (χ3n) is 3.22. The van der Waals surface area contributed by atoms with E-state index in [4.69, 9.17) is 11.6 Å². The lowest BCUT2D eigenvalue weighted by atomic mass is 9.83. The van der Waals surface area contributed by atoms with Crippen molar-refractivity contribution in [2.75, 3.05) is 11.2 Å². The highest BCUT2D eigenvalue weighted by Crippen LogP contribution is 2.31. The summed E-state index contributed by atoms with van der Waals surface area (Å²) in [5, 5.41) is 3.42. The van der Waals surface area contributed by atoms with Crippen molar-refractivity contribution in [3.63, 3.8) is 0 Å². The molecule has 0 spiro atoms. The quantitative estimate of drug-likeness (QED) is 0.824. The summed E-state index contributed by atoms with van der Waals surface area (Å²) in [7, 11) is 0. The summed E-state index contributed by atoms with van der Waals surface area (Å²) in [6.07, 6.45) is 9.70. The minimum atomic E-state index is 0.00899. The maximum absolute atomic E-state index is 6.10. The molecule has 1 aliphatic carbocycles. The topological polar surface area (TPSA) is 37.8 Å².